The molecule has 3 aromatic heterocycles. The highest BCUT2D eigenvalue weighted by molar-refractivity contribution is 7.19. The maximum atomic E-state index is 12.4. The number of nitrogens with zero attached hydrogens (tertiary/aromatic N) is 2. The molecule has 0 aliphatic heterocycles. The number of fused-ring (bicyclic) bond motifs is 4. The van der Waals surface area contributed by atoms with Crippen LogP contribution in [0.15, 0.2) is 39.5 Å². The lowest BCUT2D eigenvalue weighted by atomic mass is 9.89. The summed E-state index contributed by atoms with van der Waals surface area (Å²) < 4.78 is 5.42. The zero-order valence-corrected chi connectivity index (χ0v) is 15.7. The summed E-state index contributed by atoms with van der Waals surface area (Å²) >= 11 is 8.19. The van der Waals surface area contributed by atoms with E-state index < -0.39 is 5.63 Å². The fraction of sp³-hybridized carbons (Fsp3) is 0.250. The normalized spacial score (nSPS) is 16.9. The average molecular weight is 383 g/mol. The third kappa shape index (κ3) is 2.46. The van der Waals surface area contributed by atoms with Crippen LogP contribution in [0.4, 0.5) is 0 Å². The lowest BCUT2D eigenvalue weighted by Gasteiger charge is -2.17. The maximum absolute atomic E-state index is 12.4. The predicted octanol–water partition coefficient (Wildman–Crippen LogP) is 5.24. The van der Waals surface area contributed by atoms with E-state index in [1.54, 1.807) is 23.5 Å². The van der Waals surface area contributed by atoms with E-state index in [4.69, 9.17) is 16.0 Å². The van der Waals surface area contributed by atoms with Crippen LogP contribution in [0, 0.1) is 5.92 Å². The summed E-state index contributed by atoms with van der Waals surface area (Å²) in [4.78, 5) is 23.7. The number of thiophene rings is 1. The molecule has 4 nitrogen and oxygen atoms in total. The summed E-state index contributed by atoms with van der Waals surface area (Å²) in [6.07, 6.45) is 3.22. The van der Waals surface area contributed by atoms with Gasteiger partial charge in [-0.15, -0.1) is 11.3 Å². The highest BCUT2D eigenvalue weighted by Crippen LogP contribution is 2.40. The van der Waals surface area contributed by atoms with E-state index in [1.165, 1.54) is 10.4 Å². The first-order chi connectivity index (χ1) is 12.6. The van der Waals surface area contributed by atoms with Crippen molar-refractivity contribution >= 4 is 44.1 Å². The van der Waals surface area contributed by atoms with Crippen molar-refractivity contribution in [2.75, 3.05) is 0 Å². The second kappa shape index (κ2) is 5.89. The molecule has 0 spiro atoms. The summed E-state index contributed by atoms with van der Waals surface area (Å²) in [6.45, 7) is 2.27. The molecule has 1 atom stereocenters. The van der Waals surface area contributed by atoms with Crippen LogP contribution >= 0.6 is 22.9 Å². The van der Waals surface area contributed by atoms with Crippen LogP contribution in [0.2, 0.25) is 5.15 Å². The number of para-hydroxylation sites is 1. The number of halogens is 1. The van der Waals surface area contributed by atoms with Crippen molar-refractivity contribution in [3.8, 4) is 11.4 Å². The molecule has 3 heterocycles. The van der Waals surface area contributed by atoms with Gasteiger partial charge in [0.05, 0.1) is 5.39 Å². The Hall–Kier alpha value is -2.24. The summed E-state index contributed by atoms with van der Waals surface area (Å²) in [5.41, 5.74) is 1.72. The standard InChI is InChI=1S/C20H15ClN2O2S/c1-10-6-7-12-15(8-10)26-19-16(12)17(21)22-18(23-19)13-9-11-4-2-3-5-14(11)25-20(13)24/h2-5,9-10H,6-8H2,1H3/t10-/m0/s1. The van der Waals surface area contributed by atoms with Crippen molar-refractivity contribution in [1.82, 2.24) is 9.97 Å². The van der Waals surface area contributed by atoms with Crippen LogP contribution in [0.5, 0.6) is 0 Å². The van der Waals surface area contributed by atoms with Gasteiger partial charge in [-0.05, 0) is 42.9 Å². The fourth-order valence-electron chi connectivity index (χ4n) is 3.64. The third-order valence-electron chi connectivity index (χ3n) is 4.99. The van der Waals surface area contributed by atoms with Crippen LogP contribution in [0.25, 0.3) is 32.6 Å². The van der Waals surface area contributed by atoms with Crippen molar-refractivity contribution < 1.29 is 4.42 Å². The van der Waals surface area contributed by atoms with Crippen molar-refractivity contribution in [3.63, 3.8) is 0 Å². The minimum atomic E-state index is -0.450. The van der Waals surface area contributed by atoms with Gasteiger partial charge in [-0.25, -0.2) is 14.8 Å². The van der Waals surface area contributed by atoms with Gasteiger partial charge in [0, 0.05) is 10.3 Å². The Morgan fingerprint density at radius 1 is 1.27 bits per heavy atom. The van der Waals surface area contributed by atoms with Crippen molar-refractivity contribution in [3.05, 3.63) is 56.3 Å². The number of aromatic nitrogens is 2. The Bertz CT molecular complexity index is 1230. The Kier molecular flexibility index (Phi) is 3.62. The first-order valence-electron chi connectivity index (χ1n) is 8.61. The molecule has 0 saturated carbocycles. The summed E-state index contributed by atoms with van der Waals surface area (Å²) in [5, 5.41) is 2.21. The smallest absolute Gasteiger partial charge is 0.347 e. The highest BCUT2D eigenvalue weighted by Gasteiger charge is 2.24. The summed E-state index contributed by atoms with van der Waals surface area (Å²) in [7, 11) is 0. The molecule has 0 N–H and O–H groups in total. The zero-order chi connectivity index (χ0) is 17.8. The van der Waals surface area contributed by atoms with E-state index in [9.17, 15) is 4.79 Å². The predicted molar refractivity (Wildman–Crippen MR) is 105 cm³/mol. The molecule has 0 saturated heterocycles. The second-order valence-electron chi connectivity index (χ2n) is 6.86. The molecular weight excluding hydrogens is 368 g/mol. The second-order valence-corrected chi connectivity index (χ2v) is 8.30. The molecule has 5 rings (SSSR count). The first kappa shape index (κ1) is 16.0. The van der Waals surface area contributed by atoms with E-state index in [0.717, 1.165) is 34.9 Å². The van der Waals surface area contributed by atoms with Crippen LogP contribution in [-0.2, 0) is 12.8 Å². The molecule has 1 aromatic carbocycles. The number of hydrogen-bond acceptors (Lipinski definition) is 5. The Morgan fingerprint density at radius 3 is 3.00 bits per heavy atom. The molecule has 0 amide bonds. The van der Waals surface area contributed by atoms with Gasteiger partial charge in [0.15, 0.2) is 5.82 Å². The quantitative estimate of drug-likeness (QED) is 0.333. The van der Waals surface area contributed by atoms with Crippen LogP contribution in [0.3, 0.4) is 0 Å². The van der Waals surface area contributed by atoms with E-state index in [-0.39, 0.29) is 0 Å². The molecule has 1 aliphatic rings. The van der Waals surface area contributed by atoms with Crippen molar-refractivity contribution in [1.29, 1.82) is 0 Å². The molecular formula is C20H15ClN2O2S. The van der Waals surface area contributed by atoms with E-state index >= 15 is 0 Å². The Balaban J connectivity index is 1.73. The van der Waals surface area contributed by atoms with Crippen molar-refractivity contribution in [2.45, 2.75) is 26.2 Å². The van der Waals surface area contributed by atoms with Gasteiger partial charge < -0.3 is 4.42 Å². The average Bonchev–Trinajstić information content (AvgIpc) is 2.98. The number of aryl methyl sites for hydroxylation is 1. The topological polar surface area (TPSA) is 56.0 Å². The lowest BCUT2D eigenvalue weighted by molar-refractivity contribution is 0.509. The van der Waals surface area contributed by atoms with Gasteiger partial charge in [-0.1, -0.05) is 36.7 Å². The molecule has 0 unspecified atom stereocenters. The SMILES string of the molecule is C[C@H]1CCc2c(sc3nc(-c4cc5ccccc5oc4=O)nc(Cl)c23)C1. The largest absolute Gasteiger partial charge is 0.422 e. The number of benzene rings is 1. The van der Waals surface area contributed by atoms with Gasteiger partial charge in [0.25, 0.3) is 0 Å². The molecule has 1 aliphatic carbocycles. The molecule has 4 aromatic rings. The van der Waals surface area contributed by atoms with Gasteiger partial charge in [0.1, 0.15) is 21.1 Å². The van der Waals surface area contributed by atoms with E-state index in [0.29, 0.717) is 28.0 Å². The number of rotatable bonds is 1. The lowest BCUT2D eigenvalue weighted by Crippen LogP contribution is -2.08. The molecule has 130 valence electrons. The molecule has 6 heteroatoms. The van der Waals surface area contributed by atoms with Crippen LogP contribution < -0.4 is 5.63 Å². The first-order valence-corrected chi connectivity index (χ1v) is 9.80. The molecule has 0 bridgehead atoms. The molecule has 26 heavy (non-hydrogen) atoms. The monoisotopic (exact) mass is 382 g/mol. The Labute approximate surface area is 158 Å². The molecule has 0 radical (unpaired) electrons. The minimum Gasteiger partial charge on any atom is -0.422 e. The van der Waals surface area contributed by atoms with E-state index in [1.807, 2.05) is 18.2 Å². The van der Waals surface area contributed by atoms with Gasteiger partial charge >= 0.3 is 5.63 Å². The summed E-state index contributed by atoms with van der Waals surface area (Å²) in [5.74, 6) is 1.00. The van der Waals surface area contributed by atoms with Gasteiger partial charge in [-0.3, -0.25) is 0 Å². The Morgan fingerprint density at radius 2 is 2.12 bits per heavy atom. The van der Waals surface area contributed by atoms with Gasteiger partial charge in [0.2, 0.25) is 0 Å². The minimum absolute atomic E-state index is 0.327. The maximum Gasteiger partial charge on any atom is 0.347 e. The fourth-order valence-corrected chi connectivity index (χ4v) is 5.36. The number of hydrogen-bond donors (Lipinski definition) is 0. The molecule has 0 fully saturated rings. The van der Waals surface area contributed by atoms with Gasteiger partial charge in [-0.2, -0.15) is 0 Å². The van der Waals surface area contributed by atoms with Crippen LogP contribution in [-0.4, -0.2) is 9.97 Å². The van der Waals surface area contributed by atoms with E-state index in [2.05, 4.69) is 16.9 Å². The zero-order valence-electron chi connectivity index (χ0n) is 14.1. The highest BCUT2D eigenvalue weighted by atomic mass is 35.5. The third-order valence-corrected chi connectivity index (χ3v) is 6.41. The summed E-state index contributed by atoms with van der Waals surface area (Å²) in [6, 6.07) is 9.17. The van der Waals surface area contributed by atoms with Crippen LogP contribution in [0.1, 0.15) is 23.8 Å². The van der Waals surface area contributed by atoms with Crippen molar-refractivity contribution in [2.24, 2.45) is 5.92 Å².